The highest BCUT2D eigenvalue weighted by atomic mass is 32.2. The van der Waals surface area contributed by atoms with E-state index in [0.717, 1.165) is 11.1 Å². The standard InChI is InChI=1S/C12H14F3NOS/c13-12(14,15)10-5-2-1-4-9(10)8-11-16(17)6-3-7-18-11/h2-3,5,7,11,17H,1,4,6,8H2/t11-/m1/s1. The van der Waals surface area contributed by atoms with Gasteiger partial charge >= 0.3 is 6.18 Å². The first-order valence-corrected chi connectivity index (χ1v) is 6.64. The second kappa shape index (κ2) is 5.50. The van der Waals surface area contributed by atoms with Crippen molar-refractivity contribution in [1.29, 1.82) is 0 Å². The van der Waals surface area contributed by atoms with Gasteiger partial charge in [-0.15, -0.1) is 11.8 Å². The Balaban J connectivity index is 2.17. The number of nitrogens with zero attached hydrogens (tertiary/aromatic N) is 1. The van der Waals surface area contributed by atoms with Crippen LogP contribution in [0, 0.1) is 0 Å². The third-order valence-corrected chi connectivity index (χ3v) is 4.04. The van der Waals surface area contributed by atoms with Crippen LogP contribution in [0.4, 0.5) is 13.2 Å². The van der Waals surface area contributed by atoms with Gasteiger partial charge in [-0.05, 0) is 24.7 Å². The lowest BCUT2D eigenvalue weighted by Crippen LogP contribution is -2.32. The van der Waals surface area contributed by atoms with Gasteiger partial charge in [0.15, 0.2) is 0 Å². The fourth-order valence-corrected chi connectivity index (χ4v) is 2.97. The summed E-state index contributed by atoms with van der Waals surface area (Å²) in [5, 5.41) is 12.2. The monoisotopic (exact) mass is 277 g/mol. The Morgan fingerprint density at radius 3 is 2.83 bits per heavy atom. The van der Waals surface area contributed by atoms with Crippen LogP contribution < -0.4 is 0 Å². The molecule has 0 amide bonds. The highest BCUT2D eigenvalue weighted by molar-refractivity contribution is 8.02. The predicted octanol–water partition coefficient (Wildman–Crippen LogP) is 3.86. The summed E-state index contributed by atoms with van der Waals surface area (Å²) in [5.41, 5.74) is -0.158. The summed E-state index contributed by atoms with van der Waals surface area (Å²) in [7, 11) is 0. The topological polar surface area (TPSA) is 23.5 Å². The average molecular weight is 277 g/mol. The van der Waals surface area contributed by atoms with Crippen molar-refractivity contribution in [2.45, 2.75) is 30.8 Å². The maximum absolute atomic E-state index is 12.8. The Morgan fingerprint density at radius 2 is 2.17 bits per heavy atom. The Kier molecular flexibility index (Phi) is 4.19. The molecule has 18 heavy (non-hydrogen) atoms. The predicted molar refractivity (Wildman–Crippen MR) is 65.1 cm³/mol. The van der Waals surface area contributed by atoms with Crippen LogP contribution in [0.1, 0.15) is 19.3 Å². The molecule has 2 nitrogen and oxygen atoms in total. The molecule has 0 unspecified atom stereocenters. The van der Waals surface area contributed by atoms with Crippen molar-refractivity contribution < 1.29 is 18.4 Å². The summed E-state index contributed by atoms with van der Waals surface area (Å²) >= 11 is 1.35. The Morgan fingerprint density at radius 1 is 1.39 bits per heavy atom. The minimum Gasteiger partial charge on any atom is -0.313 e. The minimum absolute atomic E-state index is 0.241. The molecule has 0 radical (unpaired) electrons. The van der Waals surface area contributed by atoms with Crippen LogP contribution in [0.5, 0.6) is 0 Å². The molecule has 2 rings (SSSR count). The van der Waals surface area contributed by atoms with Gasteiger partial charge in [0.05, 0.1) is 10.9 Å². The van der Waals surface area contributed by atoms with Gasteiger partial charge in [-0.25, -0.2) is 0 Å². The van der Waals surface area contributed by atoms with E-state index in [2.05, 4.69) is 0 Å². The van der Waals surface area contributed by atoms with E-state index in [1.165, 1.54) is 11.8 Å². The number of thioether (sulfide) groups is 1. The third-order valence-electron chi connectivity index (χ3n) is 2.96. The van der Waals surface area contributed by atoms with Crippen LogP contribution in [-0.4, -0.2) is 28.4 Å². The van der Waals surface area contributed by atoms with E-state index in [-0.39, 0.29) is 11.8 Å². The maximum Gasteiger partial charge on any atom is 0.416 e. The van der Waals surface area contributed by atoms with Crippen LogP contribution >= 0.6 is 11.8 Å². The quantitative estimate of drug-likeness (QED) is 0.829. The van der Waals surface area contributed by atoms with Gasteiger partial charge in [0.25, 0.3) is 0 Å². The fourth-order valence-electron chi connectivity index (χ4n) is 2.07. The van der Waals surface area contributed by atoms with E-state index >= 15 is 0 Å². The van der Waals surface area contributed by atoms with Crippen molar-refractivity contribution in [3.63, 3.8) is 0 Å². The lowest BCUT2D eigenvalue weighted by atomic mass is 9.94. The van der Waals surface area contributed by atoms with Crippen molar-refractivity contribution in [3.8, 4) is 0 Å². The Labute approximate surface area is 108 Å². The van der Waals surface area contributed by atoms with Gasteiger partial charge in [0.1, 0.15) is 0 Å². The van der Waals surface area contributed by atoms with Gasteiger partial charge in [0.2, 0.25) is 0 Å². The molecule has 1 aliphatic heterocycles. The van der Waals surface area contributed by atoms with Crippen LogP contribution in [-0.2, 0) is 0 Å². The molecule has 0 aromatic rings. The molecule has 1 aliphatic carbocycles. The number of halogens is 3. The first-order chi connectivity index (χ1) is 8.48. The molecule has 0 fully saturated rings. The van der Waals surface area contributed by atoms with Gasteiger partial charge in [0, 0.05) is 6.54 Å². The molecule has 100 valence electrons. The van der Waals surface area contributed by atoms with Crippen molar-refractivity contribution in [3.05, 3.63) is 34.8 Å². The molecule has 1 N–H and O–H groups in total. The summed E-state index contributed by atoms with van der Waals surface area (Å²) in [6, 6.07) is 0. The van der Waals surface area contributed by atoms with Gasteiger partial charge in [-0.1, -0.05) is 23.8 Å². The van der Waals surface area contributed by atoms with Crippen LogP contribution in [0.2, 0.25) is 0 Å². The number of alkyl halides is 3. The molecule has 0 aromatic heterocycles. The Hall–Kier alpha value is -0.720. The highest BCUT2D eigenvalue weighted by Gasteiger charge is 2.36. The molecular formula is C12H14F3NOS. The second-order valence-electron chi connectivity index (χ2n) is 4.24. The number of hydroxylamine groups is 2. The van der Waals surface area contributed by atoms with E-state index in [1.807, 2.05) is 5.41 Å². The van der Waals surface area contributed by atoms with E-state index in [0.29, 0.717) is 25.0 Å². The number of hydrogen-bond acceptors (Lipinski definition) is 3. The average Bonchev–Trinajstić information content (AvgIpc) is 2.31. The minimum atomic E-state index is -4.30. The van der Waals surface area contributed by atoms with E-state index < -0.39 is 11.7 Å². The van der Waals surface area contributed by atoms with Gasteiger partial charge in [-0.2, -0.15) is 18.2 Å². The summed E-state index contributed by atoms with van der Waals surface area (Å²) < 4.78 is 38.5. The van der Waals surface area contributed by atoms with Crippen molar-refractivity contribution >= 4 is 11.8 Å². The van der Waals surface area contributed by atoms with Crippen molar-refractivity contribution in [2.75, 3.05) is 6.54 Å². The smallest absolute Gasteiger partial charge is 0.313 e. The first-order valence-electron chi connectivity index (χ1n) is 5.70. The summed E-state index contributed by atoms with van der Waals surface area (Å²) in [4.78, 5) is 0. The van der Waals surface area contributed by atoms with Gasteiger partial charge < -0.3 is 5.21 Å². The third kappa shape index (κ3) is 3.18. The van der Waals surface area contributed by atoms with Gasteiger partial charge in [-0.3, -0.25) is 0 Å². The molecule has 0 aromatic carbocycles. The molecule has 1 heterocycles. The van der Waals surface area contributed by atoms with E-state index in [4.69, 9.17) is 0 Å². The molecule has 0 saturated carbocycles. The largest absolute Gasteiger partial charge is 0.416 e. The zero-order valence-corrected chi connectivity index (χ0v) is 10.5. The molecular weight excluding hydrogens is 263 g/mol. The lowest BCUT2D eigenvalue weighted by Gasteiger charge is -2.29. The van der Waals surface area contributed by atoms with E-state index in [1.54, 1.807) is 12.2 Å². The SMILES string of the molecule is ON1CC=CS[C@@H]1CC1=C(C(F)(F)F)C=CCC1. The molecule has 0 spiro atoms. The normalized spacial score (nSPS) is 25.9. The van der Waals surface area contributed by atoms with Crippen LogP contribution in [0.15, 0.2) is 34.8 Å². The molecule has 0 bridgehead atoms. The number of allylic oxidation sites excluding steroid dienone is 3. The highest BCUT2D eigenvalue weighted by Crippen LogP contribution is 2.37. The number of hydrogen-bond donors (Lipinski definition) is 1. The molecule has 0 saturated heterocycles. The molecule has 2 aliphatic rings. The Bertz CT molecular complexity index is 401. The second-order valence-corrected chi connectivity index (χ2v) is 5.33. The molecule has 1 atom stereocenters. The van der Waals surface area contributed by atoms with Crippen LogP contribution in [0.25, 0.3) is 0 Å². The summed E-state index contributed by atoms with van der Waals surface area (Å²) in [6.45, 7) is 0.363. The zero-order valence-electron chi connectivity index (χ0n) is 9.65. The first kappa shape index (κ1) is 13.7. The zero-order chi connectivity index (χ0) is 13.2. The number of rotatable bonds is 2. The van der Waals surface area contributed by atoms with Crippen LogP contribution in [0.3, 0.4) is 0 Å². The van der Waals surface area contributed by atoms with Crippen molar-refractivity contribution in [1.82, 2.24) is 5.06 Å². The summed E-state index contributed by atoms with van der Waals surface area (Å²) in [6.07, 6.45) is 1.47. The maximum atomic E-state index is 12.8. The fraction of sp³-hybridized carbons (Fsp3) is 0.500. The van der Waals surface area contributed by atoms with E-state index in [9.17, 15) is 18.4 Å². The lowest BCUT2D eigenvalue weighted by molar-refractivity contribution is -0.0957. The summed E-state index contributed by atoms with van der Waals surface area (Å²) in [5.74, 6) is 0. The van der Waals surface area contributed by atoms with Crippen molar-refractivity contribution in [2.24, 2.45) is 0 Å². The molecule has 6 heteroatoms.